The SMILES string of the molecule is NCCNc1cnc(C2CCCCC2)nc1-c1cccc(O)c1. The largest absolute Gasteiger partial charge is 0.508 e. The molecule has 1 aliphatic carbocycles. The molecule has 1 fully saturated rings. The number of phenols is 1. The van der Waals surface area contributed by atoms with Crippen molar-refractivity contribution in [3.63, 3.8) is 0 Å². The molecule has 4 N–H and O–H groups in total. The highest BCUT2D eigenvalue weighted by Crippen LogP contribution is 2.34. The van der Waals surface area contributed by atoms with Gasteiger partial charge < -0.3 is 16.2 Å². The molecule has 1 aliphatic rings. The zero-order valence-corrected chi connectivity index (χ0v) is 13.3. The fourth-order valence-corrected chi connectivity index (χ4v) is 3.16. The highest BCUT2D eigenvalue weighted by molar-refractivity contribution is 5.74. The molecule has 0 aliphatic heterocycles. The zero-order chi connectivity index (χ0) is 16.1. The quantitative estimate of drug-likeness (QED) is 0.789. The Bertz CT molecular complexity index is 653. The van der Waals surface area contributed by atoms with Crippen molar-refractivity contribution in [2.45, 2.75) is 38.0 Å². The third kappa shape index (κ3) is 3.79. The Labute approximate surface area is 137 Å². The average Bonchev–Trinajstić information content (AvgIpc) is 2.60. The number of nitrogens with two attached hydrogens (primary N) is 1. The van der Waals surface area contributed by atoms with Crippen LogP contribution in [0.5, 0.6) is 5.75 Å². The molecule has 5 heteroatoms. The Balaban J connectivity index is 1.97. The van der Waals surface area contributed by atoms with E-state index >= 15 is 0 Å². The normalized spacial score (nSPS) is 15.5. The van der Waals surface area contributed by atoms with Crippen LogP contribution in [0.25, 0.3) is 11.3 Å². The fraction of sp³-hybridized carbons (Fsp3) is 0.444. The van der Waals surface area contributed by atoms with Crippen LogP contribution in [-0.2, 0) is 0 Å². The topological polar surface area (TPSA) is 84.1 Å². The Morgan fingerprint density at radius 1 is 1.22 bits per heavy atom. The molecule has 0 radical (unpaired) electrons. The van der Waals surface area contributed by atoms with Crippen LogP contribution in [0.1, 0.15) is 43.8 Å². The fourth-order valence-electron chi connectivity index (χ4n) is 3.16. The molecule has 2 aromatic rings. The average molecular weight is 312 g/mol. The van der Waals surface area contributed by atoms with Crippen molar-refractivity contribution < 1.29 is 5.11 Å². The maximum Gasteiger partial charge on any atom is 0.132 e. The van der Waals surface area contributed by atoms with Crippen LogP contribution in [0, 0.1) is 0 Å². The molecule has 0 spiro atoms. The third-order valence-corrected chi connectivity index (χ3v) is 4.36. The maximum atomic E-state index is 9.78. The number of aromatic nitrogens is 2. The van der Waals surface area contributed by atoms with E-state index in [9.17, 15) is 5.11 Å². The molecule has 0 atom stereocenters. The summed E-state index contributed by atoms with van der Waals surface area (Å²) in [5, 5.41) is 13.1. The number of hydrogen-bond donors (Lipinski definition) is 3. The van der Waals surface area contributed by atoms with Crippen LogP contribution >= 0.6 is 0 Å². The summed E-state index contributed by atoms with van der Waals surface area (Å²) in [6.45, 7) is 1.21. The Kier molecular flexibility index (Phi) is 5.08. The van der Waals surface area contributed by atoms with Crippen molar-refractivity contribution in [1.82, 2.24) is 9.97 Å². The summed E-state index contributed by atoms with van der Waals surface area (Å²) < 4.78 is 0. The van der Waals surface area contributed by atoms with Crippen molar-refractivity contribution in [1.29, 1.82) is 0 Å². The summed E-state index contributed by atoms with van der Waals surface area (Å²) in [6.07, 6.45) is 7.99. The van der Waals surface area contributed by atoms with E-state index in [2.05, 4.69) is 10.3 Å². The maximum absolute atomic E-state index is 9.78. The Morgan fingerprint density at radius 3 is 2.78 bits per heavy atom. The Hall–Kier alpha value is -2.14. The number of hydrogen-bond acceptors (Lipinski definition) is 5. The number of nitrogens with one attached hydrogen (secondary N) is 1. The predicted molar refractivity (Wildman–Crippen MR) is 92.5 cm³/mol. The second-order valence-electron chi connectivity index (χ2n) is 6.09. The molecule has 122 valence electrons. The summed E-state index contributed by atoms with van der Waals surface area (Å²) in [5.74, 6) is 1.61. The van der Waals surface area contributed by atoms with Crippen molar-refractivity contribution in [2.24, 2.45) is 5.73 Å². The van der Waals surface area contributed by atoms with Crippen LogP contribution < -0.4 is 11.1 Å². The lowest BCUT2D eigenvalue weighted by atomic mass is 9.88. The first-order valence-electron chi connectivity index (χ1n) is 8.38. The number of aromatic hydroxyl groups is 1. The summed E-state index contributed by atoms with van der Waals surface area (Å²) in [4.78, 5) is 9.42. The van der Waals surface area contributed by atoms with Crippen LogP contribution in [0.3, 0.4) is 0 Å². The third-order valence-electron chi connectivity index (χ3n) is 4.36. The van der Waals surface area contributed by atoms with Crippen LogP contribution in [0.2, 0.25) is 0 Å². The summed E-state index contributed by atoms with van der Waals surface area (Å²) in [6, 6.07) is 7.19. The van der Waals surface area contributed by atoms with Gasteiger partial charge in [0.25, 0.3) is 0 Å². The molecular formula is C18H24N4O. The van der Waals surface area contributed by atoms with E-state index in [1.165, 1.54) is 19.3 Å². The minimum atomic E-state index is 0.241. The van der Waals surface area contributed by atoms with E-state index in [0.717, 1.165) is 35.6 Å². The molecule has 0 bridgehead atoms. The minimum Gasteiger partial charge on any atom is -0.508 e. The van der Waals surface area contributed by atoms with Crippen molar-refractivity contribution in [3.8, 4) is 17.0 Å². The number of anilines is 1. The molecule has 3 rings (SSSR count). The lowest BCUT2D eigenvalue weighted by molar-refractivity contribution is 0.429. The number of phenolic OH excluding ortho intramolecular Hbond substituents is 1. The van der Waals surface area contributed by atoms with Gasteiger partial charge in [-0.1, -0.05) is 31.4 Å². The number of benzene rings is 1. The monoisotopic (exact) mass is 312 g/mol. The second kappa shape index (κ2) is 7.42. The van der Waals surface area contributed by atoms with E-state index in [4.69, 9.17) is 10.7 Å². The van der Waals surface area contributed by atoms with Gasteiger partial charge in [-0.05, 0) is 25.0 Å². The van der Waals surface area contributed by atoms with Crippen LogP contribution in [-0.4, -0.2) is 28.2 Å². The first kappa shape index (κ1) is 15.7. The van der Waals surface area contributed by atoms with Gasteiger partial charge in [0.1, 0.15) is 11.6 Å². The lowest BCUT2D eigenvalue weighted by Gasteiger charge is -2.21. The van der Waals surface area contributed by atoms with Gasteiger partial charge in [-0.25, -0.2) is 9.97 Å². The van der Waals surface area contributed by atoms with Gasteiger partial charge in [0, 0.05) is 24.6 Å². The van der Waals surface area contributed by atoms with Gasteiger partial charge in [0.15, 0.2) is 0 Å². The summed E-state index contributed by atoms with van der Waals surface area (Å²) in [5.41, 5.74) is 8.18. The highest BCUT2D eigenvalue weighted by Gasteiger charge is 2.20. The molecule has 1 saturated carbocycles. The second-order valence-corrected chi connectivity index (χ2v) is 6.09. The molecule has 5 nitrogen and oxygen atoms in total. The first-order chi connectivity index (χ1) is 11.3. The number of nitrogens with zero attached hydrogens (tertiary/aromatic N) is 2. The van der Waals surface area contributed by atoms with E-state index in [0.29, 0.717) is 19.0 Å². The molecule has 0 amide bonds. The molecule has 1 heterocycles. The molecule has 23 heavy (non-hydrogen) atoms. The minimum absolute atomic E-state index is 0.241. The molecule has 1 aromatic heterocycles. The van der Waals surface area contributed by atoms with Gasteiger partial charge in [0.05, 0.1) is 17.6 Å². The van der Waals surface area contributed by atoms with E-state index in [1.54, 1.807) is 12.1 Å². The van der Waals surface area contributed by atoms with Crippen LogP contribution in [0.4, 0.5) is 5.69 Å². The van der Waals surface area contributed by atoms with Crippen molar-refractivity contribution >= 4 is 5.69 Å². The number of rotatable bonds is 5. The van der Waals surface area contributed by atoms with E-state index < -0.39 is 0 Å². The lowest BCUT2D eigenvalue weighted by Crippen LogP contribution is -2.15. The predicted octanol–water partition coefficient (Wildman–Crippen LogP) is 3.27. The van der Waals surface area contributed by atoms with Crippen molar-refractivity contribution in [2.75, 3.05) is 18.4 Å². The van der Waals surface area contributed by atoms with Gasteiger partial charge in [-0.15, -0.1) is 0 Å². The molecule has 0 unspecified atom stereocenters. The van der Waals surface area contributed by atoms with Crippen LogP contribution in [0.15, 0.2) is 30.5 Å². The zero-order valence-electron chi connectivity index (χ0n) is 13.3. The van der Waals surface area contributed by atoms with E-state index in [1.807, 2.05) is 18.3 Å². The standard InChI is InChI=1S/C18H24N4O/c19-9-10-20-16-12-21-18(13-5-2-1-3-6-13)22-17(16)14-7-4-8-15(23)11-14/h4,7-8,11-13,20,23H,1-3,5-6,9-10,19H2. The highest BCUT2D eigenvalue weighted by atomic mass is 16.3. The van der Waals surface area contributed by atoms with E-state index in [-0.39, 0.29) is 5.75 Å². The molecule has 0 saturated heterocycles. The van der Waals surface area contributed by atoms with Gasteiger partial charge >= 0.3 is 0 Å². The summed E-state index contributed by atoms with van der Waals surface area (Å²) in [7, 11) is 0. The molecule has 1 aromatic carbocycles. The molecular weight excluding hydrogens is 288 g/mol. The van der Waals surface area contributed by atoms with Gasteiger partial charge in [0.2, 0.25) is 0 Å². The van der Waals surface area contributed by atoms with Crippen molar-refractivity contribution in [3.05, 3.63) is 36.3 Å². The smallest absolute Gasteiger partial charge is 0.132 e. The Morgan fingerprint density at radius 2 is 2.04 bits per heavy atom. The van der Waals surface area contributed by atoms with Gasteiger partial charge in [-0.3, -0.25) is 0 Å². The summed E-state index contributed by atoms with van der Waals surface area (Å²) >= 11 is 0. The first-order valence-corrected chi connectivity index (χ1v) is 8.38. The van der Waals surface area contributed by atoms with Gasteiger partial charge in [-0.2, -0.15) is 0 Å².